The Morgan fingerprint density at radius 3 is 2.71 bits per heavy atom. The topological polar surface area (TPSA) is 74.1 Å². The Bertz CT molecular complexity index is 728. The maximum absolute atomic E-state index is 11.7. The molecule has 6 nitrogen and oxygen atoms in total. The van der Waals surface area contributed by atoms with E-state index in [9.17, 15) is 8.42 Å². The van der Waals surface area contributed by atoms with E-state index in [-0.39, 0.29) is 10.8 Å². The standard InChI is InChI=1S/C13H16ClN3O3S/c1-20-7-6-17-12(9-14)15-16-13(17)10-4-3-5-11(8-10)21(2,18)19/h3-5,8H,6-7,9H2,1-2H3. The van der Waals surface area contributed by atoms with Gasteiger partial charge in [0.1, 0.15) is 5.82 Å². The summed E-state index contributed by atoms with van der Waals surface area (Å²) >= 11 is 5.86. The molecule has 0 spiro atoms. The SMILES string of the molecule is COCCn1c(CCl)nnc1-c1cccc(S(C)(=O)=O)c1. The largest absolute Gasteiger partial charge is 0.383 e. The minimum absolute atomic E-state index is 0.225. The first kappa shape index (κ1) is 15.9. The molecule has 0 saturated heterocycles. The highest BCUT2D eigenvalue weighted by molar-refractivity contribution is 7.90. The van der Waals surface area contributed by atoms with Crippen LogP contribution in [-0.2, 0) is 27.0 Å². The van der Waals surface area contributed by atoms with Crippen LogP contribution < -0.4 is 0 Å². The van der Waals surface area contributed by atoms with Crippen molar-refractivity contribution in [1.82, 2.24) is 14.8 Å². The van der Waals surface area contributed by atoms with Gasteiger partial charge in [-0.3, -0.25) is 0 Å². The van der Waals surface area contributed by atoms with Crippen molar-refractivity contribution in [3.63, 3.8) is 0 Å². The molecule has 0 aliphatic rings. The maximum Gasteiger partial charge on any atom is 0.175 e. The number of hydrogen-bond acceptors (Lipinski definition) is 5. The molecule has 1 aromatic heterocycles. The van der Waals surface area contributed by atoms with Gasteiger partial charge in [-0.15, -0.1) is 21.8 Å². The molecule has 0 aliphatic heterocycles. The number of hydrogen-bond donors (Lipinski definition) is 0. The van der Waals surface area contributed by atoms with Gasteiger partial charge in [-0.1, -0.05) is 12.1 Å². The molecular weight excluding hydrogens is 314 g/mol. The summed E-state index contributed by atoms with van der Waals surface area (Å²) in [6.07, 6.45) is 1.17. The molecule has 0 fully saturated rings. The summed E-state index contributed by atoms with van der Waals surface area (Å²) in [4.78, 5) is 0.244. The number of sulfone groups is 1. The zero-order valence-electron chi connectivity index (χ0n) is 11.8. The Kier molecular flexibility index (Phi) is 4.97. The number of halogens is 1. The number of rotatable bonds is 6. The average Bonchev–Trinajstić information content (AvgIpc) is 2.87. The van der Waals surface area contributed by atoms with Crippen molar-refractivity contribution in [2.75, 3.05) is 20.0 Å². The summed E-state index contributed by atoms with van der Waals surface area (Å²) in [5.74, 6) is 1.42. The average molecular weight is 330 g/mol. The fourth-order valence-corrected chi connectivity index (χ4v) is 2.80. The third-order valence-corrected chi connectivity index (χ3v) is 4.34. The number of ether oxygens (including phenoxy) is 1. The lowest BCUT2D eigenvalue weighted by Crippen LogP contribution is -2.09. The van der Waals surface area contributed by atoms with Crippen LogP contribution >= 0.6 is 11.6 Å². The van der Waals surface area contributed by atoms with Crippen molar-refractivity contribution in [2.24, 2.45) is 0 Å². The first-order valence-electron chi connectivity index (χ1n) is 6.25. The van der Waals surface area contributed by atoms with E-state index in [1.54, 1.807) is 31.4 Å². The van der Waals surface area contributed by atoms with Gasteiger partial charge in [0, 0.05) is 25.5 Å². The van der Waals surface area contributed by atoms with Gasteiger partial charge in [-0.25, -0.2) is 8.42 Å². The Morgan fingerprint density at radius 2 is 2.10 bits per heavy atom. The monoisotopic (exact) mass is 329 g/mol. The summed E-state index contributed by atoms with van der Waals surface area (Å²) < 4.78 is 30.2. The second-order valence-corrected chi connectivity index (χ2v) is 6.80. The molecule has 0 radical (unpaired) electrons. The lowest BCUT2D eigenvalue weighted by Gasteiger charge is -2.09. The van der Waals surface area contributed by atoms with Gasteiger partial charge in [0.05, 0.1) is 17.4 Å². The van der Waals surface area contributed by atoms with Crippen LogP contribution in [0.2, 0.25) is 0 Å². The minimum atomic E-state index is -3.27. The van der Waals surface area contributed by atoms with Crippen LogP contribution in [0.25, 0.3) is 11.4 Å². The number of aromatic nitrogens is 3. The first-order chi connectivity index (χ1) is 9.97. The van der Waals surface area contributed by atoms with Gasteiger partial charge >= 0.3 is 0 Å². The molecule has 1 aromatic carbocycles. The molecule has 2 rings (SSSR count). The van der Waals surface area contributed by atoms with Crippen LogP contribution in [0.4, 0.5) is 0 Å². The number of nitrogens with zero attached hydrogens (tertiary/aromatic N) is 3. The molecule has 0 bridgehead atoms. The van der Waals surface area contributed by atoms with E-state index in [1.807, 2.05) is 4.57 Å². The van der Waals surface area contributed by atoms with Crippen LogP contribution in [0, 0.1) is 0 Å². The van der Waals surface area contributed by atoms with E-state index in [1.165, 1.54) is 6.26 Å². The highest BCUT2D eigenvalue weighted by Gasteiger charge is 2.15. The van der Waals surface area contributed by atoms with Gasteiger partial charge in [0.15, 0.2) is 15.7 Å². The van der Waals surface area contributed by atoms with Crippen LogP contribution in [0.15, 0.2) is 29.2 Å². The Balaban J connectivity index is 2.49. The third kappa shape index (κ3) is 3.61. The summed E-state index contributed by atoms with van der Waals surface area (Å²) in [5.41, 5.74) is 0.679. The van der Waals surface area contributed by atoms with Gasteiger partial charge in [0.2, 0.25) is 0 Å². The molecule has 0 amide bonds. The molecule has 114 valence electrons. The van der Waals surface area contributed by atoms with E-state index in [4.69, 9.17) is 16.3 Å². The maximum atomic E-state index is 11.7. The van der Waals surface area contributed by atoms with E-state index >= 15 is 0 Å². The van der Waals surface area contributed by atoms with E-state index in [0.29, 0.717) is 30.4 Å². The highest BCUT2D eigenvalue weighted by atomic mass is 35.5. The summed E-state index contributed by atoms with van der Waals surface area (Å²) in [5, 5.41) is 8.14. The molecule has 21 heavy (non-hydrogen) atoms. The van der Waals surface area contributed by atoms with Gasteiger partial charge < -0.3 is 9.30 Å². The third-order valence-electron chi connectivity index (χ3n) is 2.99. The van der Waals surface area contributed by atoms with Crippen molar-refractivity contribution in [1.29, 1.82) is 0 Å². The fourth-order valence-electron chi connectivity index (χ4n) is 1.93. The summed E-state index contributed by atoms with van der Waals surface area (Å²) in [7, 11) is -1.66. The van der Waals surface area contributed by atoms with Gasteiger partial charge in [0.25, 0.3) is 0 Å². The van der Waals surface area contributed by atoms with Crippen LogP contribution in [-0.4, -0.2) is 43.2 Å². The lowest BCUT2D eigenvalue weighted by molar-refractivity contribution is 0.187. The summed E-state index contributed by atoms with van der Waals surface area (Å²) in [6.45, 7) is 1.03. The quantitative estimate of drug-likeness (QED) is 0.755. The molecule has 2 aromatic rings. The zero-order chi connectivity index (χ0) is 15.5. The molecule has 1 heterocycles. The minimum Gasteiger partial charge on any atom is -0.383 e. The predicted octanol–water partition coefficient (Wildman–Crippen LogP) is 1.73. The molecule has 8 heteroatoms. The van der Waals surface area contributed by atoms with Crippen molar-refractivity contribution in [3.05, 3.63) is 30.1 Å². The van der Waals surface area contributed by atoms with E-state index in [2.05, 4.69) is 10.2 Å². The predicted molar refractivity (Wildman–Crippen MR) is 80.0 cm³/mol. The molecule has 0 unspecified atom stereocenters. The second-order valence-electron chi connectivity index (χ2n) is 4.52. The Labute approximate surface area is 128 Å². The normalized spacial score (nSPS) is 11.8. The van der Waals surface area contributed by atoms with Crippen LogP contribution in [0.1, 0.15) is 5.82 Å². The Morgan fingerprint density at radius 1 is 1.33 bits per heavy atom. The Hall–Kier alpha value is -1.44. The fraction of sp³-hybridized carbons (Fsp3) is 0.385. The van der Waals surface area contributed by atoms with Crippen molar-refractivity contribution >= 4 is 21.4 Å². The summed E-state index contributed by atoms with van der Waals surface area (Å²) in [6, 6.07) is 6.61. The van der Waals surface area contributed by atoms with E-state index in [0.717, 1.165) is 0 Å². The van der Waals surface area contributed by atoms with Gasteiger partial charge in [-0.2, -0.15) is 0 Å². The molecule has 0 N–H and O–H groups in total. The smallest absolute Gasteiger partial charge is 0.175 e. The van der Waals surface area contributed by atoms with Crippen molar-refractivity contribution in [3.8, 4) is 11.4 Å². The van der Waals surface area contributed by atoms with Crippen molar-refractivity contribution in [2.45, 2.75) is 17.3 Å². The van der Waals surface area contributed by atoms with Crippen molar-refractivity contribution < 1.29 is 13.2 Å². The molecule has 0 atom stereocenters. The second kappa shape index (κ2) is 6.55. The molecular formula is C13H16ClN3O3S. The molecule has 0 aliphatic carbocycles. The van der Waals surface area contributed by atoms with E-state index < -0.39 is 9.84 Å². The molecule has 0 saturated carbocycles. The number of alkyl halides is 1. The van der Waals surface area contributed by atoms with Crippen LogP contribution in [0.3, 0.4) is 0 Å². The lowest BCUT2D eigenvalue weighted by atomic mass is 10.2. The highest BCUT2D eigenvalue weighted by Crippen LogP contribution is 2.22. The van der Waals surface area contributed by atoms with Crippen LogP contribution in [0.5, 0.6) is 0 Å². The first-order valence-corrected chi connectivity index (χ1v) is 8.67. The van der Waals surface area contributed by atoms with Gasteiger partial charge in [-0.05, 0) is 12.1 Å². The number of methoxy groups -OCH3 is 1. The number of benzene rings is 1. The zero-order valence-corrected chi connectivity index (χ0v) is 13.4.